The van der Waals surface area contributed by atoms with Gasteiger partial charge in [0.25, 0.3) is 0 Å². The van der Waals surface area contributed by atoms with E-state index in [1.807, 2.05) is 41.5 Å². The molecule has 3 rings (SSSR count). The van der Waals surface area contributed by atoms with Crippen molar-refractivity contribution in [3.05, 3.63) is 0 Å². The van der Waals surface area contributed by atoms with E-state index in [1.54, 1.807) is 0 Å². The summed E-state index contributed by atoms with van der Waals surface area (Å²) in [6.45, 7) is 21.7. The number of unbranched alkanes of at least 4 members (excludes halogenated alkanes) is 6. The Kier molecular flexibility index (Phi) is 21.9. The molecule has 0 bridgehead atoms. The maximum absolute atomic E-state index is 12.4. The minimum Gasteiger partial charge on any atom is -0.382 e. The summed E-state index contributed by atoms with van der Waals surface area (Å²) in [5.74, 6) is 0.577. The van der Waals surface area contributed by atoms with Crippen molar-refractivity contribution >= 4 is 5.91 Å². The van der Waals surface area contributed by atoms with Gasteiger partial charge < -0.3 is 19.1 Å². The van der Waals surface area contributed by atoms with Crippen LogP contribution in [0.15, 0.2) is 0 Å². The maximum Gasteiger partial charge on any atom is 0.225 e. The second kappa shape index (κ2) is 22.3. The molecule has 3 fully saturated rings. The lowest BCUT2D eigenvalue weighted by Gasteiger charge is -2.59. The number of carbonyl (C=O) groups is 1. The third-order valence-electron chi connectivity index (χ3n) is 7.23. The predicted molar refractivity (Wildman–Crippen MR) is 154 cm³/mol. The number of amides is 1. The van der Waals surface area contributed by atoms with Crippen LogP contribution in [0.5, 0.6) is 0 Å². The van der Waals surface area contributed by atoms with Gasteiger partial charge in [-0.15, -0.1) is 0 Å². The molecule has 5 heteroatoms. The molecule has 1 heterocycles. The molecule has 0 aromatic heterocycles. The van der Waals surface area contributed by atoms with Crippen LogP contribution in [0.1, 0.15) is 132 Å². The molecular weight excluding hydrogens is 450 g/mol. The molecule has 1 spiro atoms. The van der Waals surface area contributed by atoms with Crippen LogP contribution < -0.4 is 0 Å². The van der Waals surface area contributed by atoms with Crippen LogP contribution in [0.3, 0.4) is 0 Å². The van der Waals surface area contributed by atoms with Crippen molar-refractivity contribution in [1.29, 1.82) is 0 Å². The minimum atomic E-state index is 0.219. The van der Waals surface area contributed by atoms with Crippen molar-refractivity contribution < 1.29 is 19.0 Å². The van der Waals surface area contributed by atoms with Gasteiger partial charge in [0.2, 0.25) is 5.91 Å². The van der Waals surface area contributed by atoms with E-state index in [4.69, 9.17) is 14.2 Å². The van der Waals surface area contributed by atoms with E-state index >= 15 is 0 Å². The second-order valence-corrected chi connectivity index (χ2v) is 10.2. The smallest absolute Gasteiger partial charge is 0.225 e. The van der Waals surface area contributed by atoms with Gasteiger partial charge in [-0.2, -0.15) is 0 Å². The summed E-state index contributed by atoms with van der Waals surface area (Å²) in [7, 11) is 0. The van der Waals surface area contributed by atoms with Crippen LogP contribution in [0.4, 0.5) is 0 Å². The third-order valence-corrected chi connectivity index (χ3v) is 7.23. The first-order valence-electron chi connectivity index (χ1n) is 15.7. The molecule has 0 aromatic carbocycles. The molecule has 0 unspecified atom stereocenters. The Bertz CT molecular complexity index is 487. The Balaban J connectivity index is 0.000000866. The number of carbonyl (C=O) groups excluding carboxylic acids is 1. The lowest BCUT2D eigenvalue weighted by Crippen LogP contribution is -2.66. The predicted octanol–water partition coefficient (Wildman–Crippen LogP) is 8.05. The highest BCUT2D eigenvalue weighted by Gasteiger charge is 2.55. The van der Waals surface area contributed by atoms with Gasteiger partial charge in [-0.3, -0.25) is 4.79 Å². The van der Waals surface area contributed by atoms with E-state index < -0.39 is 0 Å². The van der Waals surface area contributed by atoms with Gasteiger partial charge in [-0.25, -0.2) is 0 Å². The molecule has 36 heavy (non-hydrogen) atoms. The van der Waals surface area contributed by atoms with Gasteiger partial charge in [0, 0.05) is 50.8 Å². The Morgan fingerprint density at radius 2 is 1.28 bits per heavy atom. The van der Waals surface area contributed by atoms with E-state index in [-0.39, 0.29) is 5.92 Å². The first-order chi connectivity index (χ1) is 17.6. The summed E-state index contributed by atoms with van der Waals surface area (Å²) in [6, 6.07) is 0. The number of nitrogens with zero attached hydrogens (tertiary/aromatic N) is 1. The summed E-state index contributed by atoms with van der Waals surface area (Å²) in [4.78, 5) is 14.5. The zero-order chi connectivity index (χ0) is 27.2. The summed E-state index contributed by atoms with van der Waals surface area (Å²) in [5.41, 5.74) is 0.384. The van der Waals surface area contributed by atoms with Crippen LogP contribution in [0, 0.1) is 11.3 Å². The lowest BCUT2D eigenvalue weighted by molar-refractivity contribution is -0.180. The van der Waals surface area contributed by atoms with E-state index in [1.165, 1.54) is 38.5 Å². The maximum atomic E-state index is 12.4. The molecule has 0 aromatic rings. The van der Waals surface area contributed by atoms with Gasteiger partial charge in [0.05, 0.1) is 12.2 Å². The van der Waals surface area contributed by atoms with Gasteiger partial charge in [0.15, 0.2) is 0 Å². The fourth-order valence-corrected chi connectivity index (χ4v) is 5.15. The highest BCUT2D eigenvalue weighted by atomic mass is 16.5. The fourth-order valence-electron chi connectivity index (χ4n) is 5.15. The van der Waals surface area contributed by atoms with Gasteiger partial charge in [0.1, 0.15) is 0 Å². The standard InChI is InChI=1S/C19H33NO4.C8H18.2C2H6/c1-3-22-7-5-6-8-24-17-11-19(12-17)13-20(14-19)18(21)15-9-16(10-15)23-4-2;1-3-5-7-8-6-4-2;2*1-2/h15-17H,3-14H2,1-2H3;3-8H2,1-2H3;2*1-2H3. The number of hydrogen-bond donors (Lipinski definition) is 0. The van der Waals surface area contributed by atoms with Crippen LogP contribution in [-0.2, 0) is 19.0 Å². The van der Waals surface area contributed by atoms with Crippen molar-refractivity contribution in [2.24, 2.45) is 11.3 Å². The summed E-state index contributed by atoms with van der Waals surface area (Å²) in [5, 5.41) is 0. The summed E-state index contributed by atoms with van der Waals surface area (Å²) >= 11 is 0. The van der Waals surface area contributed by atoms with Crippen molar-refractivity contribution in [2.45, 2.75) is 145 Å². The number of rotatable bonds is 15. The lowest BCUT2D eigenvalue weighted by atomic mass is 9.61. The Hall–Kier alpha value is -0.650. The normalized spacial score (nSPS) is 21.4. The average Bonchev–Trinajstić information content (AvgIpc) is 2.83. The van der Waals surface area contributed by atoms with E-state index in [9.17, 15) is 4.79 Å². The molecular formula is C31H63NO4. The number of ether oxygens (including phenoxy) is 3. The van der Waals surface area contributed by atoms with Crippen molar-refractivity contribution in [3.8, 4) is 0 Å². The van der Waals surface area contributed by atoms with E-state index in [2.05, 4.69) is 18.7 Å². The average molecular weight is 514 g/mol. The number of likely N-dealkylation sites (tertiary alicyclic amines) is 1. The highest BCUT2D eigenvalue weighted by molar-refractivity contribution is 5.81. The van der Waals surface area contributed by atoms with Crippen molar-refractivity contribution in [3.63, 3.8) is 0 Å². The molecule has 216 valence electrons. The quantitative estimate of drug-likeness (QED) is 0.208. The molecule has 0 N–H and O–H groups in total. The van der Waals surface area contributed by atoms with E-state index in [0.29, 0.717) is 23.5 Å². The highest BCUT2D eigenvalue weighted by Crippen LogP contribution is 2.50. The molecule has 0 radical (unpaired) electrons. The number of hydrogen-bond acceptors (Lipinski definition) is 4. The second-order valence-electron chi connectivity index (χ2n) is 10.2. The largest absolute Gasteiger partial charge is 0.382 e. The topological polar surface area (TPSA) is 48.0 Å². The molecule has 2 saturated carbocycles. The Labute approximate surface area is 225 Å². The molecule has 1 saturated heterocycles. The summed E-state index contributed by atoms with van der Waals surface area (Å²) in [6.07, 6.45) is 15.5. The molecule has 3 aliphatic rings. The molecule has 1 amide bonds. The van der Waals surface area contributed by atoms with Crippen LogP contribution in [0.2, 0.25) is 0 Å². The summed E-state index contributed by atoms with van der Waals surface area (Å²) < 4.78 is 16.8. The zero-order valence-electron chi connectivity index (χ0n) is 25.5. The first kappa shape index (κ1) is 35.4. The third kappa shape index (κ3) is 13.2. The Morgan fingerprint density at radius 3 is 1.78 bits per heavy atom. The molecule has 0 atom stereocenters. The van der Waals surface area contributed by atoms with Gasteiger partial charge in [-0.1, -0.05) is 80.1 Å². The zero-order valence-corrected chi connectivity index (χ0v) is 25.5. The van der Waals surface area contributed by atoms with Gasteiger partial charge in [-0.05, 0) is 52.4 Å². The molecule has 5 nitrogen and oxygen atoms in total. The molecule has 2 aliphatic carbocycles. The first-order valence-corrected chi connectivity index (χ1v) is 15.7. The van der Waals surface area contributed by atoms with Crippen LogP contribution in [-0.4, -0.2) is 62.5 Å². The van der Waals surface area contributed by atoms with Crippen LogP contribution >= 0.6 is 0 Å². The minimum absolute atomic E-state index is 0.219. The van der Waals surface area contributed by atoms with Crippen molar-refractivity contribution in [2.75, 3.05) is 39.5 Å². The SMILES string of the molecule is CC.CC.CCCCCCCC.CCOCCCCOC1CC2(C1)CN(C(=O)C1CC(OCC)C1)C2. The van der Waals surface area contributed by atoms with Crippen LogP contribution in [0.25, 0.3) is 0 Å². The monoisotopic (exact) mass is 513 g/mol. The fraction of sp³-hybridized carbons (Fsp3) is 0.968. The van der Waals surface area contributed by atoms with E-state index in [0.717, 1.165) is 78.0 Å². The van der Waals surface area contributed by atoms with Gasteiger partial charge >= 0.3 is 0 Å². The Morgan fingerprint density at radius 1 is 0.722 bits per heavy atom. The molecule has 1 aliphatic heterocycles. The van der Waals surface area contributed by atoms with Crippen molar-refractivity contribution in [1.82, 2.24) is 4.90 Å².